The molecule has 0 heterocycles. The van der Waals surface area contributed by atoms with Crippen molar-refractivity contribution in [1.29, 1.82) is 0 Å². The van der Waals surface area contributed by atoms with Crippen molar-refractivity contribution in [1.82, 2.24) is 5.32 Å². The van der Waals surface area contributed by atoms with Crippen molar-refractivity contribution in [2.75, 3.05) is 0 Å². The van der Waals surface area contributed by atoms with Gasteiger partial charge in [0.25, 0.3) is 5.91 Å². The number of hydrogen-bond donors (Lipinski definition) is 2. The Labute approximate surface area is 120 Å². The number of ether oxygens (including phenoxy) is 1. The second kappa shape index (κ2) is 7.56. The van der Waals surface area contributed by atoms with Gasteiger partial charge in [0.05, 0.1) is 0 Å². The fraction of sp³-hybridized carbons (Fsp3) is 0.429. The van der Waals surface area contributed by atoms with E-state index in [-0.39, 0.29) is 17.2 Å². The summed E-state index contributed by atoms with van der Waals surface area (Å²) in [6, 6.07) is 4.04. The topological polar surface area (TPSA) is 75.6 Å². The van der Waals surface area contributed by atoms with E-state index in [1.807, 2.05) is 13.8 Å². The van der Waals surface area contributed by atoms with Crippen molar-refractivity contribution in [3.05, 3.63) is 29.8 Å². The van der Waals surface area contributed by atoms with E-state index in [4.69, 9.17) is 5.11 Å². The number of hydrogen-bond acceptors (Lipinski definition) is 3. The summed E-state index contributed by atoms with van der Waals surface area (Å²) < 4.78 is 28.2. The van der Waals surface area contributed by atoms with Gasteiger partial charge >= 0.3 is 12.6 Å². The molecule has 0 saturated heterocycles. The van der Waals surface area contributed by atoms with Crippen molar-refractivity contribution in [3.63, 3.8) is 0 Å². The van der Waals surface area contributed by atoms with Crippen LogP contribution >= 0.6 is 0 Å². The van der Waals surface area contributed by atoms with Gasteiger partial charge in [-0.1, -0.05) is 13.8 Å². The first-order chi connectivity index (χ1) is 9.79. The molecule has 0 spiro atoms. The third-order valence-electron chi connectivity index (χ3n) is 2.65. The van der Waals surface area contributed by atoms with E-state index in [0.29, 0.717) is 6.42 Å². The van der Waals surface area contributed by atoms with E-state index in [2.05, 4.69) is 10.1 Å². The van der Waals surface area contributed by atoms with Gasteiger partial charge in [0.2, 0.25) is 0 Å². The van der Waals surface area contributed by atoms with Crippen LogP contribution in [0.4, 0.5) is 8.78 Å². The number of aliphatic carboxylic acids is 1. The molecule has 2 N–H and O–H groups in total. The van der Waals surface area contributed by atoms with Crippen LogP contribution in [0.2, 0.25) is 0 Å². The first kappa shape index (κ1) is 16.9. The SMILES string of the molecule is CC(C)CC(NC(=O)c1ccc(OC(F)F)cc1)C(=O)O. The molecule has 7 heteroatoms. The maximum absolute atomic E-state index is 12.0. The van der Waals surface area contributed by atoms with Crippen molar-refractivity contribution in [2.24, 2.45) is 5.92 Å². The van der Waals surface area contributed by atoms with Gasteiger partial charge < -0.3 is 15.2 Å². The Morgan fingerprint density at radius 2 is 1.81 bits per heavy atom. The van der Waals surface area contributed by atoms with Crippen molar-refractivity contribution >= 4 is 11.9 Å². The zero-order chi connectivity index (χ0) is 16.0. The van der Waals surface area contributed by atoms with Gasteiger partial charge in [-0.2, -0.15) is 8.78 Å². The average molecular weight is 301 g/mol. The molecule has 1 aromatic carbocycles. The summed E-state index contributed by atoms with van der Waals surface area (Å²) in [5.74, 6) is -1.66. The van der Waals surface area contributed by atoms with Crippen LogP contribution in [0.1, 0.15) is 30.6 Å². The highest BCUT2D eigenvalue weighted by Gasteiger charge is 2.21. The second-order valence-corrected chi connectivity index (χ2v) is 4.90. The van der Waals surface area contributed by atoms with Crippen LogP contribution in [0.25, 0.3) is 0 Å². The quantitative estimate of drug-likeness (QED) is 0.811. The van der Waals surface area contributed by atoms with Crippen molar-refractivity contribution < 1.29 is 28.2 Å². The Morgan fingerprint density at radius 1 is 1.24 bits per heavy atom. The molecule has 21 heavy (non-hydrogen) atoms. The molecule has 0 aromatic heterocycles. The summed E-state index contributed by atoms with van der Waals surface area (Å²) in [6.07, 6.45) is 0.299. The lowest BCUT2D eigenvalue weighted by atomic mass is 10.0. The third kappa shape index (κ3) is 5.76. The molecule has 1 unspecified atom stereocenters. The number of alkyl halides is 2. The van der Waals surface area contributed by atoms with Crippen LogP contribution in [0.15, 0.2) is 24.3 Å². The van der Waals surface area contributed by atoms with E-state index in [1.54, 1.807) is 0 Å². The Kier molecular flexibility index (Phi) is 6.08. The zero-order valence-corrected chi connectivity index (χ0v) is 11.7. The maximum atomic E-state index is 12.0. The number of carbonyl (C=O) groups is 2. The monoisotopic (exact) mass is 301 g/mol. The number of carbonyl (C=O) groups excluding carboxylic acids is 1. The lowest BCUT2D eigenvalue weighted by Crippen LogP contribution is -2.41. The molecule has 116 valence electrons. The van der Waals surface area contributed by atoms with Crippen molar-refractivity contribution in [3.8, 4) is 5.75 Å². The molecule has 0 radical (unpaired) electrons. The molecule has 0 fully saturated rings. The van der Waals surface area contributed by atoms with Gasteiger partial charge in [-0.3, -0.25) is 4.79 Å². The Balaban J connectivity index is 2.71. The molecule has 1 rings (SSSR count). The minimum atomic E-state index is -2.94. The highest BCUT2D eigenvalue weighted by Crippen LogP contribution is 2.15. The molecule has 0 aliphatic heterocycles. The largest absolute Gasteiger partial charge is 0.480 e. The first-order valence-electron chi connectivity index (χ1n) is 6.38. The smallest absolute Gasteiger partial charge is 0.387 e. The van der Waals surface area contributed by atoms with E-state index in [1.165, 1.54) is 24.3 Å². The minimum absolute atomic E-state index is 0.0708. The lowest BCUT2D eigenvalue weighted by Gasteiger charge is -2.16. The molecule has 1 atom stereocenters. The second-order valence-electron chi connectivity index (χ2n) is 4.90. The van der Waals surface area contributed by atoms with Crippen LogP contribution in [-0.4, -0.2) is 29.6 Å². The molecular formula is C14H17F2NO4. The predicted molar refractivity (Wildman–Crippen MR) is 71.4 cm³/mol. The highest BCUT2D eigenvalue weighted by molar-refractivity contribution is 5.96. The Hall–Kier alpha value is -2.18. The average Bonchev–Trinajstić information content (AvgIpc) is 2.37. The Bertz CT molecular complexity index is 488. The molecule has 5 nitrogen and oxygen atoms in total. The summed E-state index contributed by atoms with van der Waals surface area (Å²) in [5.41, 5.74) is 0.173. The predicted octanol–water partition coefficient (Wildman–Crippen LogP) is 2.52. The summed E-state index contributed by atoms with van der Waals surface area (Å²) in [5, 5.41) is 11.4. The van der Waals surface area contributed by atoms with Crippen LogP contribution in [-0.2, 0) is 4.79 Å². The molecule has 0 bridgehead atoms. The van der Waals surface area contributed by atoms with Crippen LogP contribution < -0.4 is 10.1 Å². The van der Waals surface area contributed by atoms with Gasteiger partial charge in [-0.25, -0.2) is 4.79 Å². The summed E-state index contributed by atoms with van der Waals surface area (Å²) >= 11 is 0. The van der Waals surface area contributed by atoms with E-state index in [9.17, 15) is 18.4 Å². The van der Waals surface area contributed by atoms with Gasteiger partial charge in [-0.05, 0) is 36.6 Å². The van der Waals surface area contributed by atoms with E-state index in [0.717, 1.165) is 0 Å². The third-order valence-corrected chi connectivity index (χ3v) is 2.65. The summed E-state index contributed by atoms with van der Waals surface area (Å²) in [6.45, 7) is 0.754. The number of nitrogens with one attached hydrogen (secondary N) is 1. The summed E-state index contributed by atoms with van der Waals surface area (Å²) in [7, 11) is 0. The summed E-state index contributed by atoms with van der Waals surface area (Å²) in [4.78, 5) is 23.0. The van der Waals surface area contributed by atoms with Crippen LogP contribution in [0.5, 0.6) is 5.75 Å². The molecule has 0 aliphatic rings. The molecular weight excluding hydrogens is 284 g/mol. The maximum Gasteiger partial charge on any atom is 0.387 e. The normalized spacial score (nSPS) is 12.3. The number of halogens is 2. The van der Waals surface area contributed by atoms with E-state index < -0.39 is 24.5 Å². The number of carboxylic acids is 1. The fourth-order valence-electron chi connectivity index (χ4n) is 1.72. The zero-order valence-electron chi connectivity index (χ0n) is 11.7. The van der Waals surface area contributed by atoms with E-state index >= 15 is 0 Å². The fourth-order valence-corrected chi connectivity index (χ4v) is 1.72. The number of amides is 1. The molecule has 1 aromatic rings. The van der Waals surface area contributed by atoms with Gasteiger partial charge in [0.1, 0.15) is 11.8 Å². The number of rotatable bonds is 7. The van der Waals surface area contributed by atoms with Crippen molar-refractivity contribution in [2.45, 2.75) is 32.9 Å². The lowest BCUT2D eigenvalue weighted by molar-refractivity contribution is -0.139. The van der Waals surface area contributed by atoms with Gasteiger partial charge in [0, 0.05) is 5.56 Å². The number of carboxylic acid groups (broad SMARTS) is 1. The Morgan fingerprint density at radius 3 is 2.24 bits per heavy atom. The minimum Gasteiger partial charge on any atom is -0.480 e. The van der Waals surface area contributed by atoms with Gasteiger partial charge in [0.15, 0.2) is 0 Å². The molecule has 0 aliphatic carbocycles. The first-order valence-corrected chi connectivity index (χ1v) is 6.38. The molecule has 0 saturated carbocycles. The molecule has 1 amide bonds. The number of benzene rings is 1. The highest BCUT2D eigenvalue weighted by atomic mass is 19.3. The van der Waals surface area contributed by atoms with Gasteiger partial charge in [-0.15, -0.1) is 0 Å². The van der Waals surface area contributed by atoms with Crippen LogP contribution in [0.3, 0.4) is 0 Å². The van der Waals surface area contributed by atoms with Crippen LogP contribution in [0, 0.1) is 5.92 Å². The standard InChI is InChI=1S/C14H17F2NO4/c1-8(2)7-11(13(19)20)17-12(18)9-3-5-10(6-4-9)21-14(15)16/h3-6,8,11,14H,7H2,1-2H3,(H,17,18)(H,19,20).